The van der Waals surface area contributed by atoms with Crippen LogP contribution >= 0.6 is 39.1 Å². The Balaban J connectivity index is 2.19. The summed E-state index contributed by atoms with van der Waals surface area (Å²) in [5, 5.41) is 0. The maximum Gasteiger partial charge on any atom is 0.0631 e. The Morgan fingerprint density at radius 1 is 1.25 bits per heavy atom. The number of ether oxygens (including phenoxy) is 1. The minimum absolute atomic E-state index is 0.0191. The predicted molar refractivity (Wildman–Crippen MR) is 90.1 cm³/mol. The first kappa shape index (κ1) is 16.6. The summed E-state index contributed by atoms with van der Waals surface area (Å²) in [5.41, 5.74) is 0.961. The molecule has 112 valence electrons. The van der Waals surface area contributed by atoms with Crippen molar-refractivity contribution in [1.29, 1.82) is 0 Å². The van der Waals surface area contributed by atoms with Gasteiger partial charge in [0.2, 0.25) is 0 Å². The minimum Gasteiger partial charge on any atom is -0.372 e. The first-order chi connectivity index (χ1) is 9.41. The van der Waals surface area contributed by atoms with Crippen LogP contribution in [0.4, 0.5) is 0 Å². The van der Waals surface area contributed by atoms with E-state index in [2.05, 4.69) is 41.9 Å². The van der Waals surface area contributed by atoms with Crippen LogP contribution in [0.15, 0.2) is 28.7 Å². The predicted octanol–water partition coefficient (Wildman–Crippen LogP) is 5.51. The van der Waals surface area contributed by atoms with E-state index in [0.29, 0.717) is 11.8 Å². The average Bonchev–Trinajstić information content (AvgIpc) is 2.76. The first-order valence-electron chi connectivity index (χ1n) is 6.97. The molecule has 1 unspecified atom stereocenters. The zero-order chi connectivity index (χ0) is 14.8. The van der Waals surface area contributed by atoms with Crippen LogP contribution in [0.5, 0.6) is 0 Å². The molecular weight excluding hydrogens is 359 g/mol. The van der Waals surface area contributed by atoms with Crippen molar-refractivity contribution in [1.82, 2.24) is 0 Å². The second-order valence-corrected chi connectivity index (χ2v) is 7.75. The molecule has 1 aromatic rings. The van der Waals surface area contributed by atoms with E-state index in [1.165, 1.54) is 5.56 Å². The molecular formula is C16H21BrCl2O. The Hall–Kier alpha value is 0.240. The zero-order valence-electron chi connectivity index (χ0n) is 12.0. The summed E-state index contributed by atoms with van der Waals surface area (Å²) in [6, 6.07) is 8.30. The lowest BCUT2D eigenvalue weighted by atomic mass is 9.79. The van der Waals surface area contributed by atoms with E-state index in [-0.39, 0.29) is 17.1 Å². The van der Waals surface area contributed by atoms with Crippen molar-refractivity contribution in [3.05, 3.63) is 34.3 Å². The van der Waals surface area contributed by atoms with Gasteiger partial charge in [-0.3, -0.25) is 0 Å². The molecule has 0 aromatic heterocycles. The fourth-order valence-electron chi connectivity index (χ4n) is 2.88. The van der Waals surface area contributed by atoms with Crippen molar-refractivity contribution >= 4 is 39.1 Å². The molecule has 0 spiro atoms. The van der Waals surface area contributed by atoms with Gasteiger partial charge in [0.25, 0.3) is 0 Å². The van der Waals surface area contributed by atoms with Gasteiger partial charge in [-0.25, -0.2) is 0 Å². The van der Waals surface area contributed by atoms with Crippen LogP contribution < -0.4 is 0 Å². The molecule has 20 heavy (non-hydrogen) atoms. The molecule has 1 aliphatic rings. The molecule has 0 amide bonds. The summed E-state index contributed by atoms with van der Waals surface area (Å²) in [6.07, 6.45) is 3.30. The number of benzene rings is 1. The van der Waals surface area contributed by atoms with Gasteiger partial charge in [0, 0.05) is 21.6 Å². The maximum atomic E-state index is 6.30. The smallest absolute Gasteiger partial charge is 0.0631 e. The van der Waals surface area contributed by atoms with Crippen LogP contribution in [-0.4, -0.2) is 23.5 Å². The number of alkyl halides is 2. The van der Waals surface area contributed by atoms with Gasteiger partial charge in [0.05, 0.1) is 11.7 Å². The molecule has 0 radical (unpaired) electrons. The molecule has 1 nitrogen and oxygen atoms in total. The fraction of sp³-hybridized carbons (Fsp3) is 0.625. The standard InChI is InChI=1S/C16H21BrCl2O/c1-15(2)8-7-14(20-15)9-16(10-18,11-19)12-3-5-13(17)6-4-12/h3-6,14H,7-11H2,1-2H3. The average molecular weight is 380 g/mol. The molecule has 1 atom stereocenters. The number of rotatable bonds is 5. The summed E-state index contributed by atoms with van der Waals surface area (Å²) >= 11 is 16.1. The third-order valence-corrected chi connectivity index (χ3v) is 5.69. The second kappa shape index (κ2) is 6.56. The van der Waals surface area contributed by atoms with Crippen LogP contribution in [-0.2, 0) is 10.2 Å². The lowest BCUT2D eigenvalue weighted by Crippen LogP contribution is -2.35. The third-order valence-electron chi connectivity index (χ3n) is 4.14. The monoisotopic (exact) mass is 378 g/mol. The van der Waals surface area contributed by atoms with Crippen LogP contribution in [0.1, 0.15) is 38.7 Å². The summed E-state index contributed by atoms with van der Waals surface area (Å²) in [7, 11) is 0. The molecule has 1 fully saturated rings. The van der Waals surface area contributed by atoms with E-state index in [0.717, 1.165) is 23.7 Å². The summed E-state index contributed by atoms with van der Waals surface area (Å²) < 4.78 is 7.19. The largest absolute Gasteiger partial charge is 0.372 e. The topological polar surface area (TPSA) is 9.23 Å². The first-order valence-corrected chi connectivity index (χ1v) is 8.83. The van der Waals surface area contributed by atoms with Crippen LogP contribution in [0.3, 0.4) is 0 Å². The van der Waals surface area contributed by atoms with Gasteiger partial charge in [0.1, 0.15) is 0 Å². The van der Waals surface area contributed by atoms with Crippen molar-refractivity contribution in [2.24, 2.45) is 0 Å². The van der Waals surface area contributed by atoms with Crippen LogP contribution in [0.25, 0.3) is 0 Å². The Labute approximate surface area is 140 Å². The SMILES string of the molecule is CC1(C)CCC(CC(CCl)(CCl)c2ccc(Br)cc2)O1. The van der Waals surface area contributed by atoms with Crippen LogP contribution in [0, 0.1) is 0 Å². The van der Waals surface area contributed by atoms with Gasteiger partial charge >= 0.3 is 0 Å². The van der Waals surface area contributed by atoms with Crippen LogP contribution in [0.2, 0.25) is 0 Å². The van der Waals surface area contributed by atoms with Gasteiger partial charge in [-0.15, -0.1) is 23.2 Å². The lowest BCUT2D eigenvalue weighted by Gasteiger charge is -2.33. The number of hydrogen-bond donors (Lipinski definition) is 0. The fourth-order valence-corrected chi connectivity index (χ4v) is 3.95. The summed E-state index contributed by atoms with van der Waals surface area (Å²) in [5.74, 6) is 1.02. The molecule has 0 bridgehead atoms. The molecule has 2 rings (SSSR count). The highest BCUT2D eigenvalue weighted by molar-refractivity contribution is 9.10. The second-order valence-electron chi connectivity index (χ2n) is 6.30. The van der Waals surface area contributed by atoms with Gasteiger partial charge < -0.3 is 4.74 Å². The highest BCUT2D eigenvalue weighted by Crippen LogP contribution is 2.39. The van der Waals surface area contributed by atoms with Crippen molar-refractivity contribution in [2.75, 3.05) is 11.8 Å². The zero-order valence-corrected chi connectivity index (χ0v) is 15.1. The van der Waals surface area contributed by atoms with Crippen molar-refractivity contribution in [3.8, 4) is 0 Å². The summed E-state index contributed by atoms with van der Waals surface area (Å²) in [4.78, 5) is 0. The Kier molecular flexibility index (Phi) is 5.45. The Bertz CT molecular complexity index is 440. The molecule has 1 aliphatic heterocycles. The molecule has 1 saturated heterocycles. The number of hydrogen-bond acceptors (Lipinski definition) is 1. The quantitative estimate of drug-likeness (QED) is 0.612. The summed E-state index contributed by atoms with van der Waals surface area (Å²) in [6.45, 7) is 4.30. The molecule has 1 aromatic carbocycles. The highest BCUT2D eigenvalue weighted by atomic mass is 79.9. The Morgan fingerprint density at radius 3 is 2.30 bits per heavy atom. The molecule has 0 N–H and O–H groups in total. The van der Waals surface area contributed by atoms with Crippen molar-refractivity contribution in [3.63, 3.8) is 0 Å². The van der Waals surface area contributed by atoms with Gasteiger partial charge in [0.15, 0.2) is 0 Å². The Morgan fingerprint density at radius 2 is 1.85 bits per heavy atom. The van der Waals surface area contributed by atoms with Gasteiger partial charge in [-0.2, -0.15) is 0 Å². The normalized spacial score (nSPS) is 22.1. The van der Waals surface area contributed by atoms with E-state index < -0.39 is 0 Å². The molecule has 4 heteroatoms. The minimum atomic E-state index is -0.213. The van der Waals surface area contributed by atoms with Crippen molar-refractivity contribution in [2.45, 2.75) is 50.2 Å². The van der Waals surface area contributed by atoms with E-state index in [9.17, 15) is 0 Å². The lowest BCUT2D eigenvalue weighted by molar-refractivity contribution is -0.0250. The van der Waals surface area contributed by atoms with E-state index >= 15 is 0 Å². The van der Waals surface area contributed by atoms with Gasteiger partial charge in [-0.1, -0.05) is 28.1 Å². The molecule has 0 saturated carbocycles. The van der Waals surface area contributed by atoms with E-state index in [1.807, 2.05) is 12.1 Å². The van der Waals surface area contributed by atoms with Crippen molar-refractivity contribution < 1.29 is 4.74 Å². The van der Waals surface area contributed by atoms with E-state index in [1.54, 1.807) is 0 Å². The van der Waals surface area contributed by atoms with E-state index in [4.69, 9.17) is 27.9 Å². The number of halogens is 3. The third kappa shape index (κ3) is 3.71. The highest BCUT2D eigenvalue weighted by Gasteiger charge is 2.39. The molecule has 0 aliphatic carbocycles. The van der Waals surface area contributed by atoms with Gasteiger partial charge in [-0.05, 0) is 50.8 Å². The molecule has 1 heterocycles. The maximum absolute atomic E-state index is 6.30.